The van der Waals surface area contributed by atoms with Gasteiger partial charge in [0.2, 0.25) is 0 Å². The maximum atomic E-state index is 12.6. The van der Waals surface area contributed by atoms with E-state index >= 15 is 0 Å². The van der Waals surface area contributed by atoms with Crippen molar-refractivity contribution >= 4 is 23.9 Å². The van der Waals surface area contributed by atoms with Crippen molar-refractivity contribution in [3.05, 3.63) is 71.8 Å². The third-order valence-corrected chi connectivity index (χ3v) is 4.47. The second kappa shape index (κ2) is 9.69. The second-order valence-electron chi connectivity index (χ2n) is 6.69. The van der Waals surface area contributed by atoms with Gasteiger partial charge in [-0.15, -0.1) is 0 Å². The first kappa shape index (κ1) is 21.0. The number of amides is 2. The zero-order valence-corrected chi connectivity index (χ0v) is 16.4. The van der Waals surface area contributed by atoms with Gasteiger partial charge in [0.15, 0.2) is 6.10 Å². The summed E-state index contributed by atoms with van der Waals surface area (Å²) < 4.78 is 15.4. The van der Waals surface area contributed by atoms with Crippen LogP contribution in [0, 0.1) is 0 Å². The zero-order valence-electron chi connectivity index (χ0n) is 16.4. The Balaban J connectivity index is 1.70. The fraction of sp³-hybridized carbons (Fsp3) is 0.273. The number of hydrogen-bond acceptors (Lipinski definition) is 7. The number of nitrogens with zero attached hydrogens (tertiary/aromatic N) is 1. The first-order valence-electron chi connectivity index (χ1n) is 9.37. The number of rotatable bonds is 6. The minimum Gasteiger partial charge on any atom is -0.459 e. The smallest absolute Gasteiger partial charge is 0.417 e. The average Bonchev–Trinajstić information content (AvgIpc) is 3.07. The first-order valence-corrected chi connectivity index (χ1v) is 9.37. The number of hydrogen-bond donors (Lipinski definition) is 0. The summed E-state index contributed by atoms with van der Waals surface area (Å²) in [4.78, 5) is 49.8. The molecule has 0 N–H and O–H groups in total. The number of ether oxygens (including phenoxy) is 3. The van der Waals surface area contributed by atoms with Gasteiger partial charge in [0, 0.05) is 13.3 Å². The van der Waals surface area contributed by atoms with Crippen molar-refractivity contribution in [3.63, 3.8) is 0 Å². The van der Waals surface area contributed by atoms with Crippen LogP contribution in [0.2, 0.25) is 0 Å². The highest BCUT2D eigenvalue weighted by Crippen LogP contribution is 2.25. The van der Waals surface area contributed by atoms with E-state index in [1.807, 2.05) is 12.1 Å². The maximum Gasteiger partial charge on any atom is 0.417 e. The topological polar surface area (TPSA) is 99.2 Å². The van der Waals surface area contributed by atoms with Gasteiger partial charge < -0.3 is 14.2 Å². The molecular formula is C22H21NO7. The molecule has 8 heteroatoms. The molecule has 0 bridgehead atoms. The van der Waals surface area contributed by atoms with E-state index in [9.17, 15) is 19.2 Å². The van der Waals surface area contributed by atoms with Crippen LogP contribution in [0.3, 0.4) is 0 Å². The SMILES string of the molecule is CC(=O)OC1C[C@@H](C(=O)OCc2ccccc2)N(C(=O)OCc2ccccc2)C1=O. The third-order valence-electron chi connectivity index (χ3n) is 4.47. The predicted molar refractivity (Wildman–Crippen MR) is 104 cm³/mol. The minimum atomic E-state index is -1.25. The Morgan fingerprint density at radius 2 is 1.43 bits per heavy atom. The number of likely N-dealkylation sites (tertiary alicyclic amines) is 1. The van der Waals surface area contributed by atoms with Crippen molar-refractivity contribution in [2.75, 3.05) is 0 Å². The van der Waals surface area contributed by atoms with Crippen LogP contribution >= 0.6 is 0 Å². The lowest BCUT2D eigenvalue weighted by Crippen LogP contribution is -2.44. The van der Waals surface area contributed by atoms with E-state index in [1.54, 1.807) is 48.5 Å². The van der Waals surface area contributed by atoms with Crippen LogP contribution in [0.5, 0.6) is 0 Å². The van der Waals surface area contributed by atoms with E-state index in [4.69, 9.17) is 14.2 Å². The van der Waals surface area contributed by atoms with E-state index in [0.29, 0.717) is 4.90 Å². The number of esters is 2. The monoisotopic (exact) mass is 411 g/mol. The van der Waals surface area contributed by atoms with E-state index in [1.165, 1.54) is 0 Å². The fourth-order valence-electron chi connectivity index (χ4n) is 3.05. The van der Waals surface area contributed by atoms with Gasteiger partial charge in [-0.25, -0.2) is 14.5 Å². The summed E-state index contributed by atoms with van der Waals surface area (Å²) in [6.45, 7) is 1.05. The average molecular weight is 411 g/mol. The highest BCUT2D eigenvalue weighted by molar-refractivity contribution is 6.02. The van der Waals surface area contributed by atoms with Crippen molar-refractivity contribution < 1.29 is 33.4 Å². The molecule has 0 aliphatic carbocycles. The van der Waals surface area contributed by atoms with Gasteiger partial charge in [-0.2, -0.15) is 0 Å². The van der Waals surface area contributed by atoms with Crippen molar-refractivity contribution in [2.45, 2.75) is 38.7 Å². The summed E-state index contributed by atoms with van der Waals surface area (Å²) in [6, 6.07) is 16.6. The molecule has 30 heavy (non-hydrogen) atoms. The lowest BCUT2D eigenvalue weighted by Gasteiger charge is -2.20. The summed E-state index contributed by atoms with van der Waals surface area (Å²) in [5.41, 5.74) is 1.47. The normalized spacial score (nSPS) is 18.0. The summed E-state index contributed by atoms with van der Waals surface area (Å²) in [7, 11) is 0. The van der Waals surface area contributed by atoms with Gasteiger partial charge in [0.05, 0.1) is 0 Å². The summed E-state index contributed by atoms with van der Waals surface area (Å²) in [6.07, 6.45) is -2.44. The highest BCUT2D eigenvalue weighted by Gasteiger charge is 2.50. The van der Waals surface area contributed by atoms with Gasteiger partial charge in [-0.3, -0.25) is 9.59 Å². The van der Waals surface area contributed by atoms with Crippen LogP contribution < -0.4 is 0 Å². The fourth-order valence-corrected chi connectivity index (χ4v) is 3.05. The van der Waals surface area contributed by atoms with E-state index in [2.05, 4.69) is 0 Å². The molecule has 1 heterocycles. The van der Waals surface area contributed by atoms with Gasteiger partial charge in [0.1, 0.15) is 19.3 Å². The Bertz CT molecular complexity index is 914. The van der Waals surface area contributed by atoms with Crippen LogP contribution in [-0.4, -0.2) is 41.0 Å². The Morgan fingerprint density at radius 3 is 1.97 bits per heavy atom. The zero-order chi connectivity index (χ0) is 21.5. The Kier molecular flexibility index (Phi) is 6.79. The molecule has 2 aromatic carbocycles. The number of benzene rings is 2. The molecule has 156 valence electrons. The van der Waals surface area contributed by atoms with Crippen LogP contribution in [0.4, 0.5) is 4.79 Å². The van der Waals surface area contributed by atoms with E-state index in [0.717, 1.165) is 18.1 Å². The molecule has 1 unspecified atom stereocenters. The molecule has 0 radical (unpaired) electrons. The molecule has 1 aliphatic heterocycles. The summed E-state index contributed by atoms with van der Waals surface area (Å²) in [5, 5.41) is 0. The molecule has 2 aromatic rings. The minimum absolute atomic E-state index is 0.0184. The van der Waals surface area contributed by atoms with Crippen molar-refractivity contribution in [2.24, 2.45) is 0 Å². The van der Waals surface area contributed by atoms with E-state index in [-0.39, 0.29) is 19.6 Å². The van der Waals surface area contributed by atoms with Crippen LogP contribution in [0.1, 0.15) is 24.5 Å². The maximum absolute atomic E-state index is 12.6. The molecule has 1 fully saturated rings. The van der Waals surface area contributed by atoms with Gasteiger partial charge in [-0.05, 0) is 11.1 Å². The molecular weight excluding hydrogens is 390 g/mol. The molecule has 0 aromatic heterocycles. The lowest BCUT2D eigenvalue weighted by molar-refractivity contribution is -0.154. The van der Waals surface area contributed by atoms with Crippen LogP contribution in [0.25, 0.3) is 0 Å². The summed E-state index contributed by atoms with van der Waals surface area (Å²) >= 11 is 0. The summed E-state index contributed by atoms with van der Waals surface area (Å²) in [5.74, 6) is -2.28. The second-order valence-corrected chi connectivity index (χ2v) is 6.69. The molecule has 8 nitrogen and oxygen atoms in total. The highest BCUT2D eigenvalue weighted by atomic mass is 16.6. The molecule has 1 aliphatic rings. The van der Waals surface area contributed by atoms with Gasteiger partial charge in [0.25, 0.3) is 5.91 Å². The van der Waals surface area contributed by atoms with Crippen molar-refractivity contribution in [3.8, 4) is 0 Å². The van der Waals surface area contributed by atoms with Crippen molar-refractivity contribution in [1.29, 1.82) is 0 Å². The number of carbonyl (C=O) groups is 4. The number of imide groups is 1. The quantitative estimate of drug-likeness (QED) is 0.532. The predicted octanol–water partition coefficient (Wildman–Crippen LogP) is 2.60. The first-order chi connectivity index (χ1) is 14.5. The Hall–Kier alpha value is -3.68. The lowest BCUT2D eigenvalue weighted by atomic mass is 10.2. The van der Waals surface area contributed by atoms with Gasteiger partial charge >= 0.3 is 18.0 Å². The van der Waals surface area contributed by atoms with Crippen LogP contribution in [-0.2, 0) is 41.8 Å². The molecule has 1 saturated heterocycles. The Labute approximate surface area is 173 Å². The largest absolute Gasteiger partial charge is 0.459 e. The molecule has 2 amide bonds. The molecule has 0 saturated carbocycles. The standard InChI is InChI=1S/C22H21NO7/c1-15(24)30-19-12-18(21(26)28-13-16-8-4-2-5-9-16)23(20(19)25)22(27)29-14-17-10-6-3-7-11-17/h2-11,18-19H,12-14H2,1H3/t18-,19?/m0/s1. The van der Waals surface area contributed by atoms with Gasteiger partial charge in [-0.1, -0.05) is 60.7 Å². The molecule has 0 spiro atoms. The molecule has 2 atom stereocenters. The number of carbonyl (C=O) groups excluding carboxylic acids is 4. The van der Waals surface area contributed by atoms with Crippen LogP contribution in [0.15, 0.2) is 60.7 Å². The van der Waals surface area contributed by atoms with Crippen molar-refractivity contribution in [1.82, 2.24) is 4.90 Å². The Morgan fingerprint density at radius 1 is 0.900 bits per heavy atom. The molecule has 3 rings (SSSR count). The third kappa shape index (κ3) is 5.22. The van der Waals surface area contributed by atoms with E-state index < -0.39 is 36.1 Å².